The molecule has 1 aliphatic heterocycles. The molecule has 0 saturated carbocycles. The summed E-state index contributed by atoms with van der Waals surface area (Å²) in [6.45, 7) is 4.49. The number of aryl methyl sites for hydroxylation is 1. The Balaban J connectivity index is 0.00000300. The zero-order chi connectivity index (χ0) is 19.8. The molecule has 2 atom stereocenters. The molecule has 29 heavy (non-hydrogen) atoms. The molecule has 1 saturated heterocycles. The smallest absolute Gasteiger partial charge is 0.191 e. The van der Waals surface area contributed by atoms with Crippen LogP contribution in [-0.2, 0) is 18.3 Å². The maximum Gasteiger partial charge on any atom is 0.191 e. The van der Waals surface area contributed by atoms with E-state index in [2.05, 4.69) is 25.8 Å². The highest BCUT2D eigenvalue weighted by molar-refractivity contribution is 14.0. The molecule has 9 heteroatoms. The highest BCUT2D eigenvalue weighted by atomic mass is 127. The average Bonchev–Trinajstić information content (AvgIpc) is 3.35. The van der Waals surface area contributed by atoms with E-state index in [1.165, 1.54) is 0 Å². The van der Waals surface area contributed by atoms with Crippen molar-refractivity contribution in [2.75, 3.05) is 19.7 Å². The Labute approximate surface area is 189 Å². The Hall–Kier alpha value is -1.72. The van der Waals surface area contributed by atoms with E-state index in [-0.39, 0.29) is 30.1 Å². The molecule has 1 aliphatic rings. The van der Waals surface area contributed by atoms with Crippen LogP contribution in [0.2, 0.25) is 0 Å². The molecule has 1 aromatic heterocycles. The Kier molecular flexibility index (Phi) is 9.82. The molecule has 1 aromatic carbocycles. The van der Waals surface area contributed by atoms with Crippen molar-refractivity contribution in [3.8, 4) is 0 Å². The van der Waals surface area contributed by atoms with Gasteiger partial charge in [0.2, 0.25) is 0 Å². The predicted molar refractivity (Wildman–Crippen MR) is 123 cm³/mol. The topological polar surface area (TPSA) is 96.6 Å². The standard InChI is InChI=1S/C20H30N6O2.HI/c1-15-24-25-19(26(15)2)14-23-20(22-13-17-9-6-12-28-17)21-11-10-18(27)16-7-4-3-5-8-16;/h3-5,7-8,17-18,27H,6,9-14H2,1-2H3,(H2,21,22,23);1H. The Morgan fingerprint density at radius 3 is 2.76 bits per heavy atom. The molecule has 0 radical (unpaired) electrons. The fraction of sp³-hybridized carbons (Fsp3) is 0.550. The summed E-state index contributed by atoms with van der Waals surface area (Å²) < 4.78 is 7.61. The number of halogens is 1. The van der Waals surface area contributed by atoms with E-state index in [9.17, 15) is 5.11 Å². The molecule has 1 fully saturated rings. The second-order valence-electron chi connectivity index (χ2n) is 7.05. The molecule has 8 nitrogen and oxygen atoms in total. The number of rotatable bonds is 8. The van der Waals surface area contributed by atoms with Gasteiger partial charge in [-0.2, -0.15) is 0 Å². The van der Waals surface area contributed by atoms with Crippen molar-refractivity contribution in [3.05, 3.63) is 47.5 Å². The molecule has 2 unspecified atom stereocenters. The number of aliphatic imine (C=N–C) groups is 1. The summed E-state index contributed by atoms with van der Waals surface area (Å²) in [5, 5.41) is 25.2. The summed E-state index contributed by atoms with van der Waals surface area (Å²) in [7, 11) is 1.93. The van der Waals surface area contributed by atoms with E-state index in [0.29, 0.717) is 32.0 Å². The lowest BCUT2D eigenvalue weighted by atomic mass is 10.1. The Bertz CT molecular complexity index is 762. The number of hydrogen-bond acceptors (Lipinski definition) is 5. The average molecular weight is 514 g/mol. The number of benzene rings is 1. The van der Waals surface area contributed by atoms with Crippen LogP contribution in [0.3, 0.4) is 0 Å². The third kappa shape index (κ3) is 7.23. The number of aromatic nitrogens is 3. The van der Waals surface area contributed by atoms with E-state index >= 15 is 0 Å². The first kappa shape index (κ1) is 23.6. The molecular weight excluding hydrogens is 483 g/mol. The molecule has 2 aromatic rings. The van der Waals surface area contributed by atoms with Gasteiger partial charge in [-0.25, -0.2) is 4.99 Å². The van der Waals surface area contributed by atoms with Crippen molar-refractivity contribution in [1.29, 1.82) is 0 Å². The molecular formula is C20H31IN6O2. The van der Waals surface area contributed by atoms with Crippen molar-refractivity contribution in [2.24, 2.45) is 12.0 Å². The zero-order valence-corrected chi connectivity index (χ0v) is 19.4. The van der Waals surface area contributed by atoms with Crippen molar-refractivity contribution in [2.45, 2.75) is 44.9 Å². The second-order valence-corrected chi connectivity index (χ2v) is 7.05. The van der Waals surface area contributed by atoms with Crippen LogP contribution < -0.4 is 10.6 Å². The van der Waals surface area contributed by atoms with Gasteiger partial charge in [-0.05, 0) is 31.7 Å². The first-order valence-electron chi connectivity index (χ1n) is 9.85. The minimum absolute atomic E-state index is 0. The normalized spacial score (nSPS) is 17.6. The van der Waals surface area contributed by atoms with Gasteiger partial charge in [-0.3, -0.25) is 0 Å². The van der Waals surface area contributed by atoms with Gasteiger partial charge in [0, 0.05) is 26.7 Å². The van der Waals surface area contributed by atoms with E-state index in [4.69, 9.17) is 4.74 Å². The fourth-order valence-corrected chi connectivity index (χ4v) is 3.10. The number of nitrogens with one attached hydrogen (secondary N) is 2. The van der Waals surface area contributed by atoms with Crippen LogP contribution in [-0.4, -0.2) is 51.6 Å². The molecule has 3 N–H and O–H groups in total. The Morgan fingerprint density at radius 2 is 2.10 bits per heavy atom. The summed E-state index contributed by atoms with van der Waals surface area (Å²) in [5.74, 6) is 2.36. The molecule has 160 valence electrons. The lowest BCUT2D eigenvalue weighted by Crippen LogP contribution is -2.41. The van der Waals surface area contributed by atoms with Crippen LogP contribution >= 0.6 is 24.0 Å². The number of hydrogen-bond donors (Lipinski definition) is 3. The third-order valence-electron chi connectivity index (χ3n) is 4.98. The van der Waals surface area contributed by atoms with E-state index in [0.717, 1.165) is 36.7 Å². The first-order valence-corrected chi connectivity index (χ1v) is 9.85. The van der Waals surface area contributed by atoms with Gasteiger partial charge >= 0.3 is 0 Å². The quantitative estimate of drug-likeness (QED) is 0.284. The van der Waals surface area contributed by atoms with Gasteiger partial charge in [0.05, 0.1) is 12.2 Å². The van der Waals surface area contributed by atoms with Gasteiger partial charge in [0.25, 0.3) is 0 Å². The number of aliphatic hydroxyl groups is 1. The third-order valence-corrected chi connectivity index (χ3v) is 4.98. The predicted octanol–water partition coefficient (Wildman–Crippen LogP) is 2.08. The Morgan fingerprint density at radius 1 is 1.31 bits per heavy atom. The number of guanidine groups is 1. The van der Waals surface area contributed by atoms with Crippen LogP contribution in [0.15, 0.2) is 35.3 Å². The summed E-state index contributed by atoms with van der Waals surface area (Å²) >= 11 is 0. The van der Waals surface area contributed by atoms with Crippen LogP contribution in [0.5, 0.6) is 0 Å². The summed E-state index contributed by atoms with van der Waals surface area (Å²) in [6.07, 6.45) is 2.48. The van der Waals surface area contributed by atoms with Gasteiger partial charge in [-0.15, -0.1) is 34.2 Å². The molecule has 2 heterocycles. The molecule has 0 aliphatic carbocycles. The largest absolute Gasteiger partial charge is 0.388 e. The second kappa shape index (κ2) is 12.1. The van der Waals surface area contributed by atoms with Crippen molar-refractivity contribution in [1.82, 2.24) is 25.4 Å². The van der Waals surface area contributed by atoms with Gasteiger partial charge in [0.1, 0.15) is 12.4 Å². The summed E-state index contributed by atoms with van der Waals surface area (Å²) in [6, 6.07) is 9.69. The summed E-state index contributed by atoms with van der Waals surface area (Å²) in [4.78, 5) is 4.63. The van der Waals surface area contributed by atoms with Crippen molar-refractivity contribution < 1.29 is 9.84 Å². The van der Waals surface area contributed by atoms with Gasteiger partial charge in [0.15, 0.2) is 11.8 Å². The maximum atomic E-state index is 10.3. The van der Waals surface area contributed by atoms with Gasteiger partial charge < -0.3 is 25.0 Å². The minimum atomic E-state index is -0.505. The van der Waals surface area contributed by atoms with Crippen LogP contribution in [0.1, 0.15) is 42.6 Å². The molecule has 3 rings (SSSR count). The van der Waals surface area contributed by atoms with Crippen molar-refractivity contribution >= 4 is 29.9 Å². The molecule has 0 amide bonds. The summed E-state index contributed by atoms with van der Waals surface area (Å²) in [5.41, 5.74) is 0.921. The van der Waals surface area contributed by atoms with E-state index in [1.54, 1.807) is 0 Å². The maximum absolute atomic E-state index is 10.3. The monoisotopic (exact) mass is 514 g/mol. The van der Waals surface area contributed by atoms with Crippen molar-refractivity contribution in [3.63, 3.8) is 0 Å². The SMILES string of the molecule is Cc1nnc(CN=C(NCCC(O)c2ccccc2)NCC2CCCO2)n1C.I. The van der Waals surface area contributed by atoms with Crippen LogP contribution in [0.4, 0.5) is 0 Å². The van der Waals surface area contributed by atoms with E-state index in [1.807, 2.05) is 48.9 Å². The fourth-order valence-electron chi connectivity index (χ4n) is 3.10. The van der Waals surface area contributed by atoms with Crippen LogP contribution in [0.25, 0.3) is 0 Å². The highest BCUT2D eigenvalue weighted by Gasteiger charge is 2.16. The lowest BCUT2D eigenvalue weighted by Gasteiger charge is -2.17. The molecule has 0 spiro atoms. The minimum Gasteiger partial charge on any atom is -0.388 e. The van der Waals surface area contributed by atoms with Crippen LogP contribution in [0, 0.1) is 6.92 Å². The number of aliphatic hydroxyl groups excluding tert-OH is 1. The van der Waals surface area contributed by atoms with Gasteiger partial charge in [-0.1, -0.05) is 30.3 Å². The molecule has 0 bridgehead atoms. The first-order chi connectivity index (χ1) is 13.6. The zero-order valence-electron chi connectivity index (χ0n) is 17.0. The van der Waals surface area contributed by atoms with E-state index < -0.39 is 6.10 Å². The lowest BCUT2D eigenvalue weighted by molar-refractivity contribution is 0.113. The highest BCUT2D eigenvalue weighted by Crippen LogP contribution is 2.15. The number of ether oxygens (including phenoxy) is 1. The number of nitrogens with zero attached hydrogens (tertiary/aromatic N) is 4.